The number of amides is 2. The van der Waals surface area contributed by atoms with Crippen molar-refractivity contribution in [3.63, 3.8) is 0 Å². The lowest BCUT2D eigenvalue weighted by Gasteiger charge is -2.17. The predicted octanol–water partition coefficient (Wildman–Crippen LogP) is 2.37. The third-order valence-electron chi connectivity index (χ3n) is 4.14. The molecule has 0 spiro atoms. The van der Waals surface area contributed by atoms with Gasteiger partial charge in [0.25, 0.3) is 5.91 Å². The Kier molecular flexibility index (Phi) is 4.88. The Hall–Kier alpha value is -3.02. The van der Waals surface area contributed by atoms with Crippen LogP contribution in [0.1, 0.15) is 22.3 Å². The minimum absolute atomic E-state index is 0.0328. The zero-order valence-electron chi connectivity index (χ0n) is 14.2. The van der Waals surface area contributed by atoms with E-state index in [4.69, 9.17) is 9.47 Å². The van der Waals surface area contributed by atoms with Gasteiger partial charge in [0.2, 0.25) is 5.91 Å². The molecular formula is C19H20N2O4. The minimum Gasteiger partial charge on any atom is -0.497 e. The van der Waals surface area contributed by atoms with E-state index in [0.29, 0.717) is 36.6 Å². The fourth-order valence-corrected chi connectivity index (χ4v) is 2.62. The Labute approximate surface area is 146 Å². The average molecular weight is 340 g/mol. The summed E-state index contributed by atoms with van der Waals surface area (Å²) in [5, 5.41) is 2.88. The summed E-state index contributed by atoms with van der Waals surface area (Å²) in [6.07, 6.45) is 0.324. The molecule has 2 amide bonds. The fourth-order valence-electron chi connectivity index (χ4n) is 2.62. The van der Waals surface area contributed by atoms with Crippen molar-refractivity contribution >= 4 is 17.5 Å². The minimum atomic E-state index is -0.205. The molecule has 0 unspecified atom stereocenters. The molecule has 1 aliphatic rings. The van der Waals surface area contributed by atoms with Crippen LogP contribution in [-0.2, 0) is 11.3 Å². The van der Waals surface area contributed by atoms with Crippen LogP contribution in [0.15, 0.2) is 42.5 Å². The van der Waals surface area contributed by atoms with Crippen molar-refractivity contribution in [1.82, 2.24) is 5.32 Å². The highest BCUT2D eigenvalue weighted by Gasteiger charge is 2.21. The van der Waals surface area contributed by atoms with Gasteiger partial charge in [-0.3, -0.25) is 9.59 Å². The molecule has 6 nitrogen and oxygen atoms in total. The van der Waals surface area contributed by atoms with Gasteiger partial charge in [0.05, 0.1) is 25.8 Å². The number of hydrogen-bond acceptors (Lipinski definition) is 4. The second-order valence-corrected chi connectivity index (χ2v) is 5.76. The number of methoxy groups -OCH3 is 1. The SMILES string of the molecule is COc1ccc(CNC(=O)c2ccc3c(c2)N(C)C(=O)CCO3)cc1. The van der Waals surface area contributed by atoms with Crippen LogP contribution in [0.5, 0.6) is 11.5 Å². The molecule has 1 heterocycles. The van der Waals surface area contributed by atoms with Crippen LogP contribution in [0, 0.1) is 0 Å². The van der Waals surface area contributed by atoms with Crippen LogP contribution >= 0.6 is 0 Å². The number of anilines is 1. The van der Waals surface area contributed by atoms with Crippen molar-refractivity contribution in [2.75, 3.05) is 25.7 Å². The Bertz CT molecular complexity index is 787. The number of nitrogens with zero attached hydrogens (tertiary/aromatic N) is 1. The van der Waals surface area contributed by atoms with Gasteiger partial charge in [-0.25, -0.2) is 0 Å². The first-order chi connectivity index (χ1) is 12.1. The number of benzene rings is 2. The number of carbonyl (C=O) groups is 2. The normalized spacial score (nSPS) is 13.5. The third-order valence-corrected chi connectivity index (χ3v) is 4.14. The van der Waals surface area contributed by atoms with Gasteiger partial charge in [0.1, 0.15) is 11.5 Å². The van der Waals surface area contributed by atoms with Crippen molar-refractivity contribution in [3.8, 4) is 11.5 Å². The van der Waals surface area contributed by atoms with Gasteiger partial charge >= 0.3 is 0 Å². The molecule has 0 aliphatic carbocycles. The number of fused-ring (bicyclic) bond motifs is 1. The lowest BCUT2D eigenvalue weighted by atomic mass is 10.1. The Balaban J connectivity index is 1.72. The maximum absolute atomic E-state index is 12.4. The molecule has 130 valence electrons. The summed E-state index contributed by atoms with van der Waals surface area (Å²) in [4.78, 5) is 25.9. The van der Waals surface area contributed by atoms with Crippen molar-refractivity contribution < 1.29 is 19.1 Å². The Morgan fingerprint density at radius 3 is 2.72 bits per heavy atom. The van der Waals surface area contributed by atoms with Crippen LogP contribution in [0.2, 0.25) is 0 Å². The number of ether oxygens (including phenoxy) is 2. The smallest absolute Gasteiger partial charge is 0.251 e. The Morgan fingerprint density at radius 2 is 2.00 bits per heavy atom. The lowest BCUT2D eigenvalue weighted by molar-refractivity contribution is -0.118. The van der Waals surface area contributed by atoms with Crippen LogP contribution in [0.25, 0.3) is 0 Å². The van der Waals surface area contributed by atoms with E-state index < -0.39 is 0 Å². The van der Waals surface area contributed by atoms with Gasteiger partial charge in [-0.2, -0.15) is 0 Å². The van der Waals surface area contributed by atoms with Crippen molar-refractivity contribution in [2.24, 2.45) is 0 Å². The average Bonchev–Trinajstić information content (AvgIpc) is 2.79. The summed E-state index contributed by atoms with van der Waals surface area (Å²) in [7, 11) is 3.30. The molecule has 0 saturated carbocycles. The summed E-state index contributed by atoms with van der Waals surface area (Å²) >= 11 is 0. The number of carbonyl (C=O) groups excluding carboxylic acids is 2. The fraction of sp³-hybridized carbons (Fsp3) is 0.263. The quantitative estimate of drug-likeness (QED) is 0.928. The van der Waals surface area contributed by atoms with Crippen molar-refractivity contribution in [2.45, 2.75) is 13.0 Å². The van der Waals surface area contributed by atoms with E-state index in [1.54, 1.807) is 32.4 Å². The summed E-state index contributed by atoms with van der Waals surface area (Å²) < 4.78 is 10.7. The molecule has 2 aromatic rings. The number of hydrogen-bond donors (Lipinski definition) is 1. The predicted molar refractivity (Wildman–Crippen MR) is 94.1 cm³/mol. The summed E-state index contributed by atoms with van der Waals surface area (Å²) in [6, 6.07) is 12.6. The van der Waals surface area contributed by atoms with Crippen LogP contribution < -0.4 is 19.7 Å². The first kappa shape index (κ1) is 16.8. The van der Waals surface area contributed by atoms with Crippen LogP contribution in [0.3, 0.4) is 0 Å². The molecule has 0 bridgehead atoms. The maximum atomic E-state index is 12.4. The second kappa shape index (κ2) is 7.25. The Morgan fingerprint density at radius 1 is 1.24 bits per heavy atom. The van der Waals surface area contributed by atoms with Crippen LogP contribution in [-0.4, -0.2) is 32.6 Å². The molecule has 3 rings (SSSR count). The lowest BCUT2D eigenvalue weighted by Crippen LogP contribution is -2.26. The van der Waals surface area contributed by atoms with E-state index in [2.05, 4.69) is 5.32 Å². The second-order valence-electron chi connectivity index (χ2n) is 5.76. The van der Waals surface area contributed by atoms with Gasteiger partial charge in [0, 0.05) is 19.2 Å². The highest BCUT2D eigenvalue weighted by atomic mass is 16.5. The molecule has 0 atom stereocenters. The summed E-state index contributed by atoms with van der Waals surface area (Å²) in [6.45, 7) is 0.754. The van der Waals surface area contributed by atoms with E-state index in [9.17, 15) is 9.59 Å². The van der Waals surface area contributed by atoms with E-state index in [1.807, 2.05) is 24.3 Å². The van der Waals surface area contributed by atoms with Crippen LogP contribution in [0.4, 0.5) is 5.69 Å². The highest BCUT2D eigenvalue weighted by molar-refractivity contribution is 5.99. The molecular weight excluding hydrogens is 320 g/mol. The third kappa shape index (κ3) is 3.74. The van der Waals surface area contributed by atoms with E-state index in [-0.39, 0.29) is 11.8 Å². The van der Waals surface area contributed by atoms with Gasteiger partial charge in [-0.05, 0) is 35.9 Å². The molecule has 0 fully saturated rings. The van der Waals surface area contributed by atoms with Gasteiger partial charge < -0.3 is 19.7 Å². The van der Waals surface area contributed by atoms with Gasteiger partial charge in [0.15, 0.2) is 0 Å². The first-order valence-corrected chi connectivity index (χ1v) is 8.03. The molecule has 0 radical (unpaired) electrons. The molecule has 6 heteroatoms. The summed E-state index contributed by atoms with van der Waals surface area (Å²) in [5.74, 6) is 1.15. The first-order valence-electron chi connectivity index (χ1n) is 8.03. The number of nitrogens with one attached hydrogen (secondary N) is 1. The number of rotatable bonds is 4. The molecule has 0 saturated heterocycles. The molecule has 1 aliphatic heterocycles. The van der Waals surface area contributed by atoms with Crippen molar-refractivity contribution in [1.29, 1.82) is 0 Å². The van der Waals surface area contributed by atoms with E-state index in [1.165, 1.54) is 4.90 Å². The highest BCUT2D eigenvalue weighted by Crippen LogP contribution is 2.31. The largest absolute Gasteiger partial charge is 0.497 e. The van der Waals surface area contributed by atoms with Crippen molar-refractivity contribution in [3.05, 3.63) is 53.6 Å². The van der Waals surface area contributed by atoms with Gasteiger partial charge in [-0.1, -0.05) is 12.1 Å². The molecule has 2 aromatic carbocycles. The zero-order chi connectivity index (χ0) is 17.8. The zero-order valence-corrected chi connectivity index (χ0v) is 14.2. The van der Waals surface area contributed by atoms with Gasteiger partial charge in [-0.15, -0.1) is 0 Å². The maximum Gasteiger partial charge on any atom is 0.251 e. The molecule has 1 N–H and O–H groups in total. The topological polar surface area (TPSA) is 67.9 Å². The summed E-state index contributed by atoms with van der Waals surface area (Å²) in [5.41, 5.74) is 2.07. The standard InChI is InChI=1S/C19H20N2O4/c1-21-16-11-14(5-8-17(16)25-10-9-18(21)22)19(23)20-12-13-3-6-15(24-2)7-4-13/h3-8,11H,9-10,12H2,1-2H3,(H,20,23). The molecule has 25 heavy (non-hydrogen) atoms. The van der Waals surface area contributed by atoms with E-state index >= 15 is 0 Å². The monoisotopic (exact) mass is 340 g/mol. The van der Waals surface area contributed by atoms with E-state index in [0.717, 1.165) is 11.3 Å². The molecule has 0 aromatic heterocycles.